The second-order valence-corrected chi connectivity index (χ2v) is 9.12. The smallest absolute Gasteiger partial charge is 0.300 e. The molecule has 5 heteroatoms. The second kappa shape index (κ2) is 10.2. The van der Waals surface area contributed by atoms with Gasteiger partial charge < -0.3 is 9.84 Å². The van der Waals surface area contributed by atoms with Gasteiger partial charge in [0.2, 0.25) is 0 Å². The lowest BCUT2D eigenvalue weighted by molar-refractivity contribution is -0.132. The number of carbonyl (C=O) groups is 2. The molecule has 1 aliphatic rings. The number of amides is 1. The van der Waals surface area contributed by atoms with Crippen molar-refractivity contribution in [2.24, 2.45) is 0 Å². The molecule has 0 saturated carbocycles. The molecule has 1 N–H and O–H groups in total. The van der Waals surface area contributed by atoms with Crippen LogP contribution in [-0.2, 0) is 16.2 Å². The first-order chi connectivity index (χ1) is 18.0. The molecule has 4 aromatic carbocycles. The van der Waals surface area contributed by atoms with Gasteiger partial charge in [-0.3, -0.25) is 14.5 Å². The molecule has 0 bridgehead atoms. The zero-order valence-electron chi connectivity index (χ0n) is 20.7. The van der Waals surface area contributed by atoms with Crippen molar-refractivity contribution < 1.29 is 19.4 Å². The fraction of sp³-hybridized carbons (Fsp3) is 0.125. The Morgan fingerprint density at radius 2 is 1.46 bits per heavy atom. The van der Waals surface area contributed by atoms with Crippen molar-refractivity contribution in [3.05, 3.63) is 137 Å². The van der Waals surface area contributed by atoms with E-state index in [1.54, 1.807) is 30.3 Å². The van der Waals surface area contributed by atoms with Gasteiger partial charge in [-0.05, 0) is 66.4 Å². The number of ketones is 1. The van der Waals surface area contributed by atoms with Gasteiger partial charge in [0.25, 0.3) is 11.7 Å². The molecule has 0 radical (unpaired) electrons. The van der Waals surface area contributed by atoms with Crippen LogP contribution in [0.15, 0.2) is 109 Å². The number of benzene rings is 4. The number of aryl methyl sites for hydroxylation is 2. The number of aliphatic hydroxyl groups is 1. The van der Waals surface area contributed by atoms with Crippen LogP contribution in [0, 0.1) is 13.8 Å². The van der Waals surface area contributed by atoms with E-state index in [1.165, 1.54) is 4.90 Å². The Hall–Kier alpha value is -4.64. The highest BCUT2D eigenvalue weighted by Crippen LogP contribution is 2.43. The predicted molar refractivity (Wildman–Crippen MR) is 144 cm³/mol. The van der Waals surface area contributed by atoms with E-state index in [0.29, 0.717) is 23.6 Å². The summed E-state index contributed by atoms with van der Waals surface area (Å²) in [5, 5.41) is 11.5. The molecule has 1 amide bonds. The Balaban J connectivity index is 1.56. The molecule has 1 atom stereocenters. The molecule has 0 spiro atoms. The quantitative estimate of drug-likeness (QED) is 0.191. The second-order valence-electron chi connectivity index (χ2n) is 9.12. The first kappa shape index (κ1) is 24.1. The van der Waals surface area contributed by atoms with Crippen LogP contribution in [-0.4, -0.2) is 16.8 Å². The van der Waals surface area contributed by atoms with E-state index in [2.05, 4.69) is 0 Å². The lowest BCUT2D eigenvalue weighted by Gasteiger charge is -2.26. The van der Waals surface area contributed by atoms with Crippen LogP contribution in [0.2, 0.25) is 0 Å². The molecule has 0 aliphatic carbocycles. The third kappa shape index (κ3) is 4.64. The zero-order valence-corrected chi connectivity index (χ0v) is 20.7. The molecular formula is C32H27NO4. The van der Waals surface area contributed by atoms with Gasteiger partial charge in [-0.1, -0.05) is 72.8 Å². The molecule has 0 aromatic heterocycles. The Labute approximate surface area is 216 Å². The normalized spacial score (nSPS) is 16.7. The Morgan fingerprint density at radius 3 is 2.14 bits per heavy atom. The molecular weight excluding hydrogens is 462 g/mol. The molecule has 5 nitrogen and oxygen atoms in total. The summed E-state index contributed by atoms with van der Waals surface area (Å²) in [7, 11) is 0. The maximum atomic E-state index is 13.4. The Morgan fingerprint density at radius 1 is 0.811 bits per heavy atom. The molecule has 5 rings (SSSR count). The summed E-state index contributed by atoms with van der Waals surface area (Å²) >= 11 is 0. The summed E-state index contributed by atoms with van der Waals surface area (Å²) in [5.41, 5.74) is 4.68. The highest BCUT2D eigenvalue weighted by Gasteiger charge is 2.47. The minimum Gasteiger partial charge on any atom is -0.507 e. The maximum absolute atomic E-state index is 13.4. The van der Waals surface area contributed by atoms with Crippen molar-refractivity contribution in [3.8, 4) is 5.75 Å². The van der Waals surface area contributed by atoms with Crippen molar-refractivity contribution in [1.82, 2.24) is 0 Å². The number of rotatable bonds is 6. The summed E-state index contributed by atoms with van der Waals surface area (Å²) in [6.45, 7) is 4.24. The fourth-order valence-corrected chi connectivity index (χ4v) is 4.72. The third-order valence-electron chi connectivity index (χ3n) is 6.65. The van der Waals surface area contributed by atoms with Gasteiger partial charge in [0.1, 0.15) is 18.1 Å². The van der Waals surface area contributed by atoms with Crippen LogP contribution in [0.4, 0.5) is 5.69 Å². The summed E-state index contributed by atoms with van der Waals surface area (Å²) in [6.07, 6.45) is 0. The van der Waals surface area contributed by atoms with E-state index in [0.717, 1.165) is 22.3 Å². The van der Waals surface area contributed by atoms with Crippen LogP contribution in [0.3, 0.4) is 0 Å². The van der Waals surface area contributed by atoms with Gasteiger partial charge >= 0.3 is 0 Å². The number of Topliss-reactive ketones (excluding diaryl/α,β-unsaturated/α-hetero) is 1. The molecule has 184 valence electrons. The zero-order chi connectivity index (χ0) is 25.9. The van der Waals surface area contributed by atoms with Gasteiger partial charge in [-0.15, -0.1) is 0 Å². The van der Waals surface area contributed by atoms with Gasteiger partial charge in [0, 0.05) is 11.3 Å². The van der Waals surface area contributed by atoms with E-state index in [4.69, 9.17) is 4.74 Å². The average Bonchev–Trinajstić information content (AvgIpc) is 3.18. The summed E-state index contributed by atoms with van der Waals surface area (Å²) in [4.78, 5) is 28.1. The van der Waals surface area contributed by atoms with Gasteiger partial charge in [-0.2, -0.15) is 0 Å². The highest BCUT2D eigenvalue weighted by molar-refractivity contribution is 6.51. The number of hydrogen-bond donors (Lipinski definition) is 1. The van der Waals surface area contributed by atoms with Crippen LogP contribution >= 0.6 is 0 Å². The molecule has 1 fully saturated rings. The van der Waals surface area contributed by atoms with Crippen molar-refractivity contribution >= 4 is 23.1 Å². The Kier molecular flexibility index (Phi) is 6.60. The summed E-state index contributed by atoms with van der Waals surface area (Å²) in [6, 6.07) is 31.1. The van der Waals surface area contributed by atoms with Gasteiger partial charge in [-0.25, -0.2) is 0 Å². The maximum Gasteiger partial charge on any atom is 0.300 e. The number of hydrogen-bond acceptors (Lipinski definition) is 4. The lowest BCUT2D eigenvalue weighted by Crippen LogP contribution is -2.29. The largest absolute Gasteiger partial charge is 0.507 e. The molecule has 4 aromatic rings. The van der Waals surface area contributed by atoms with Gasteiger partial charge in [0.05, 0.1) is 11.6 Å². The van der Waals surface area contributed by atoms with Crippen molar-refractivity contribution in [1.29, 1.82) is 0 Å². The number of anilines is 1. The summed E-state index contributed by atoms with van der Waals surface area (Å²) < 4.78 is 5.98. The highest BCUT2D eigenvalue weighted by atomic mass is 16.5. The molecule has 1 aliphatic heterocycles. The summed E-state index contributed by atoms with van der Waals surface area (Å²) in [5.74, 6) is -0.902. The Bertz CT molecular complexity index is 1490. The first-order valence-electron chi connectivity index (χ1n) is 12.1. The fourth-order valence-electron chi connectivity index (χ4n) is 4.72. The van der Waals surface area contributed by atoms with E-state index >= 15 is 0 Å². The van der Waals surface area contributed by atoms with Crippen molar-refractivity contribution in [2.75, 3.05) is 4.90 Å². The lowest BCUT2D eigenvalue weighted by atomic mass is 9.92. The molecule has 37 heavy (non-hydrogen) atoms. The van der Waals surface area contributed by atoms with Gasteiger partial charge in [0.15, 0.2) is 0 Å². The standard InChI is InChI=1S/C32H27NO4/c1-21-11-9-10-16-26(21)29-28(31(35)32(36)33(29)25-14-7-4-8-15-25)30(34)24-17-18-27(22(2)19-24)37-20-23-12-5-3-6-13-23/h3-19,29,34H,20H2,1-2H3/b30-28+. The van der Waals surface area contributed by atoms with E-state index in [1.807, 2.05) is 86.6 Å². The van der Waals surface area contributed by atoms with E-state index in [-0.39, 0.29) is 11.3 Å². The molecule has 1 saturated heterocycles. The average molecular weight is 490 g/mol. The monoisotopic (exact) mass is 489 g/mol. The van der Waals surface area contributed by atoms with Crippen molar-refractivity contribution in [2.45, 2.75) is 26.5 Å². The number of para-hydroxylation sites is 1. The third-order valence-corrected chi connectivity index (χ3v) is 6.65. The van der Waals surface area contributed by atoms with Crippen LogP contribution in [0.25, 0.3) is 5.76 Å². The first-order valence-corrected chi connectivity index (χ1v) is 12.1. The van der Waals surface area contributed by atoms with Crippen molar-refractivity contribution in [3.63, 3.8) is 0 Å². The van der Waals surface area contributed by atoms with E-state index < -0.39 is 17.7 Å². The minimum absolute atomic E-state index is 0.0699. The topological polar surface area (TPSA) is 66.8 Å². The minimum atomic E-state index is -0.752. The van der Waals surface area contributed by atoms with Crippen LogP contribution < -0.4 is 9.64 Å². The number of ether oxygens (including phenoxy) is 1. The van der Waals surface area contributed by atoms with Crippen LogP contribution in [0.1, 0.15) is 33.9 Å². The number of aliphatic hydroxyl groups excluding tert-OH is 1. The number of carbonyl (C=O) groups excluding carboxylic acids is 2. The predicted octanol–water partition coefficient (Wildman–Crippen LogP) is 6.51. The van der Waals surface area contributed by atoms with E-state index in [9.17, 15) is 14.7 Å². The molecule has 1 unspecified atom stereocenters. The molecule has 1 heterocycles. The number of nitrogens with zero attached hydrogens (tertiary/aromatic N) is 1. The van der Waals surface area contributed by atoms with Crippen LogP contribution in [0.5, 0.6) is 5.75 Å². The SMILES string of the molecule is Cc1cc(/C(O)=C2\C(=O)C(=O)N(c3ccccc3)C2c2ccccc2C)ccc1OCc1ccccc1.